The van der Waals surface area contributed by atoms with Crippen LogP contribution in [0.15, 0.2) is 29.4 Å². The largest absolute Gasteiger partial charge is 0.355 e. The van der Waals surface area contributed by atoms with Gasteiger partial charge in [0, 0.05) is 64.1 Å². The number of nitrogens with one attached hydrogen (secondary N) is 2. The molecule has 1 aromatic heterocycles. The van der Waals surface area contributed by atoms with Gasteiger partial charge in [-0.1, -0.05) is 6.07 Å². The zero-order valence-electron chi connectivity index (χ0n) is 18.1. The highest BCUT2D eigenvalue weighted by atomic mass is 127. The Bertz CT molecular complexity index is 571. The first-order chi connectivity index (χ1) is 12.8. The van der Waals surface area contributed by atoms with Crippen molar-refractivity contribution in [1.29, 1.82) is 0 Å². The third-order valence-electron chi connectivity index (χ3n) is 4.47. The molecule has 0 unspecified atom stereocenters. The third kappa shape index (κ3) is 10.2. The number of carbonyl (C=O) groups excluding carboxylic acids is 1. The van der Waals surface area contributed by atoms with Crippen LogP contribution in [0.5, 0.6) is 0 Å². The summed E-state index contributed by atoms with van der Waals surface area (Å²) >= 11 is 0. The molecule has 0 aliphatic heterocycles. The number of aromatic nitrogens is 1. The maximum absolute atomic E-state index is 12.3. The van der Waals surface area contributed by atoms with Crippen molar-refractivity contribution in [2.45, 2.75) is 46.2 Å². The first-order valence-corrected chi connectivity index (χ1v) is 9.69. The summed E-state index contributed by atoms with van der Waals surface area (Å²) < 4.78 is 0. The number of nitrogens with zero attached hydrogens (tertiary/aromatic N) is 4. The van der Waals surface area contributed by atoms with Crippen molar-refractivity contribution in [3.05, 3.63) is 30.1 Å². The number of pyridine rings is 1. The highest BCUT2D eigenvalue weighted by molar-refractivity contribution is 14.0. The highest BCUT2D eigenvalue weighted by Crippen LogP contribution is 2.03. The van der Waals surface area contributed by atoms with Crippen LogP contribution in [0.25, 0.3) is 0 Å². The van der Waals surface area contributed by atoms with Crippen molar-refractivity contribution in [2.75, 3.05) is 40.3 Å². The van der Waals surface area contributed by atoms with Gasteiger partial charge in [-0.15, -0.1) is 24.0 Å². The van der Waals surface area contributed by atoms with Crippen LogP contribution in [-0.2, 0) is 11.2 Å². The summed E-state index contributed by atoms with van der Waals surface area (Å²) in [5, 5.41) is 6.37. The minimum atomic E-state index is 0. The van der Waals surface area contributed by atoms with Gasteiger partial charge in [-0.25, -0.2) is 0 Å². The molecule has 8 heteroatoms. The van der Waals surface area contributed by atoms with Crippen LogP contribution in [-0.4, -0.2) is 79.0 Å². The number of hydrogen-bond acceptors (Lipinski definition) is 4. The minimum Gasteiger partial charge on any atom is -0.355 e. The van der Waals surface area contributed by atoms with E-state index in [4.69, 9.17) is 0 Å². The highest BCUT2D eigenvalue weighted by Gasteiger charge is 2.13. The van der Waals surface area contributed by atoms with Crippen molar-refractivity contribution in [1.82, 2.24) is 25.4 Å². The molecule has 0 saturated carbocycles. The number of rotatable bonds is 10. The summed E-state index contributed by atoms with van der Waals surface area (Å²) in [6.07, 6.45) is 2.52. The van der Waals surface area contributed by atoms with Crippen molar-refractivity contribution in [3.63, 3.8) is 0 Å². The molecule has 1 rings (SSSR count). The average molecular weight is 504 g/mol. The molecule has 0 fully saturated rings. The third-order valence-corrected chi connectivity index (χ3v) is 4.47. The van der Waals surface area contributed by atoms with Gasteiger partial charge in [0.15, 0.2) is 5.96 Å². The van der Waals surface area contributed by atoms with E-state index in [0.29, 0.717) is 24.6 Å². The van der Waals surface area contributed by atoms with E-state index >= 15 is 0 Å². The maximum atomic E-state index is 12.3. The quantitative estimate of drug-likeness (QED) is 0.290. The lowest BCUT2D eigenvalue weighted by atomic mass is 10.2. The van der Waals surface area contributed by atoms with Crippen molar-refractivity contribution < 1.29 is 4.79 Å². The Kier molecular flexibility index (Phi) is 13.8. The molecule has 1 aromatic rings. The van der Waals surface area contributed by atoms with Crippen molar-refractivity contribution in [3.8, 4) is 0 Å². The SMILES string of the molecule is CN=C(NCCN(C(C)C)C(C)C)NCC(=O)N(C)CCc1ccccn1.I. The fourth-order valence-corrected chi connectivity index (χ4v) is 2.88. The second-order valence-electron chi connectivity index (χ2n) is 7.16. The number of aliphatic imine (C=N–C) groups is 1. The molecule has 0 atom stereocenters. The molecule has 2 N–H and O–H groups in total. The predicted molar refractivity (Wildman–Crippen MR) is 127 cm³/mol. The summed E-state index contributed by atoms with van der Waals surface area (Å²) in [7, 11) is 3.53. The number of carbonyl (C=O) groups is 1. The Balaban J connectivity index is 0.00000729. The van der Waals surface area contributed by atoms with E-state index < -0.39 is 0 Å². The second-order valence-corrected chi connectivity index (χ2v) is 7.16. The van der Waals surface area contributed by atoms with Crippen LogP contribution in [0, 0.1) is 0 Å². The molecule has 0 saturated heterocycles. The van der Waals surface area contributed by atoms with Crippen LogP contribution in [0.3, 0.4) is 0 Å². The van der Waals surface area contributed by atoms with Gasteiger partial charge >= 0.3 is 0 Å². The molecule has 160 valence electrons. The predicted octanol–water partition coefficient (Wildman–Crippen LogP) is 1.98. The standard InChI is InChI=1S/C20H36N6O.HI/c1-16(2)26(17(3)4)14-12-23-20(21-5)24-15-19(27)25(6)13-10-18-9-7-8-11-22-18;/h7-9,11,16-17H,10,12-15H2,1-6H3,(H2,21,23,24);1H. The summed E-state index contributed by atoms with van der Waals surface area (Å²) in [4.78, 5) is 24.9. The van der Waals surface area contributed by atoms with Crippen LogP contribution >= 0.6 is 24.0 Å². The number of hydrogen-bond donors (Lipinski definition) is 2. The van der Waals surface area contributed by atoms with Gasteiger partial charge in [0.2, 0.25) is 5.91 Å². The summed E-state index contributed by atoms with van der Waals surface area (Å²) in [5.74, 6) is 0.675. The summed E-state index contributed by atoms with van der Waals surface area (Å²) in [5.41, 5.74) is 0.988. The molecule has 0 spiro atoms. The van der Waals surface area contributed by atoms with Gasteiger partial charge in [0.05, 0.1) is 6.54 Å². The average Bonchev–Trinajstić information content (AvgIpc) is 2.65. The van der Waals surface area contributed by atoms with Crippen molar-refractivity contribution >= 4 is 35.8 Å². The van der Waals surface area contributed by atoms with E-state index in [-0.39, 0.29) is 36.4 Å². The van der Waals surface area contributed by atoms with Crippen LogP contribution < -0.4 is 10.6 Å². The molecule has 1 heterocycles. The Morgan fingerprint density at radius 3 is 2.36 bits per heavy atom. The molecule has 1 amide bonds. The molecule has 0 aliphatic rings. The van der Waals surface area contributed by atoms with Gasteiger partial charge in [0.1, 0.15) is 0 Å². The van der Waals surface area contributed by atoms with E-state index in [2.05, 4.69) is 53.2 Å². The monoisotopic (exact) mass is 504 g/mol. The first-order valence-electron chi connectivity index (χ1n) is 9.69. The zero-order chi connectivity index (χ0) is 20.2. The van der Waals surface area contributed by atoms with E-state index in [9.17, 15) is 4.79 Å². The van der Waals surface area contributed by atoms with Crippen LogP contribution in [0.2, 0.25) is 0 Å². The molecule has 0 aromatic carbocycles. The topological polar surface area (TPSA) is 72.9 Å². The summed E-state index contributed by atoms with van der Waals surface area (Å²) in [6.45, 7) is 11.4. The lowest BCUT2D eigenvalue weighted by Crippen LogP contribution is -2.47. The smallest absolute Gasteiger partial charge is 0.241 e. The fourth-order valence-electron chi connectivity index (χ4n) is 2.88. The number of amides is 1. The van der Waals surface area contributed by atoms with Gasteiger partial charge in [-0.3, -0.25) is 19.7 Å². The summed E-state index contributed by atoms with van der Waals surface area (Å²) in [6, 6.07) is 6.82. The van der Waals surface area contributed by atoms with Gasteiger partial charge in [0.25, 0.3) is 0 Å². The number of halogens is 1. The molecular weight excluding hydrogens is 467 g/mol. The van der Waals surface area contributed by atoms with Crippen LogP contribution in [0.4, 0.5) is 0 Å². The number of likely N-dealkylation sites (N-methyl/N-ethyl adjacent to an activating group) is 1. The lowest BCUT2D eigenvalue weighted by Gasteiger charge is -2.30. The van der Waals surface area contributed by atoms with Gasteiger partial charge < -0.3 is 15.5 Å². The number of guanidine groups is 1. The molecular formula is C20H37IN6O. The lowest BCUT2D eigenvalue weighted by molar-refractivity contribution is -0.128. The van der Waals surface area contributed by atoms with Crippen LogP contribution in [0.1, 0.15) is 33.4 Å². The van der Waals surface area contributed by atoms with Gasteiger partial charge in [-0.05, 0) is 39.8 Å². The Morgan fingerprint density at radius 2 is 1.82 bits per heavy atom. The molecule has 0 radical (unpaired) electrons. The second kappa shape index (κ2) is 14.6. The van der Waals surface area contributed by atoms with E-state index in [1.54, 1.807) is 18.1 Å². The van der Waals surface area contributed by atoms with E-state index in [1.807, 2.05) is 25.2 Å². The molecule has 0 bridgehead atoms. The normalized spacial score (nSPS) is 11.5. The zero-order valence-corrected chi connectivity index (χ0v) is 20.4. The molecule has 7 nitrogen and oxygen atoms in total. The van der Waals surface area contributed by atoms with E-state index in [0.717, 1.165) is 25.2 Å². The Hall–Kier alpha value is -1.42. The van der Waals surface area contributed by atoms with E-state index in [1.165, 1.54) is 0 Å². The maximum Gasteiger partial charge on any atom is 0.241 e. The first kappa shape index (κ1) is 26.6. The Morgan fingerprint density at radius 1 is 1.14 bits per heavy atom. The van der Waals surface area contributed by atoms with Gasteiger partial charge in [-0.2, -0.15) is 0 Å². The molecule has 0 aliphatic carbocycles. The fraction of sp³-hybridized carbons (Fsp3) is 0.650. The molecule has 28 heavy (non-hydrogen) atoms. The Labute approximate surface area is 187 Å². The van der Waals surface area contributed by atoms with Crippen molar-refractivity contribution in [2.24, 2.45) is 4.99 Å². The minimum absolute atomic E-state index is 0.